The Balaban J connectivity index is 2.44. The van der Waals surface area contributed by atoms with Crippen molar-refractivity contribution < 1.29 is 0 Å². The summed E-state index contributed by atoms with van der Waals surface area (Å²) in [5.41, 5.74) is 2.55. The Kier molecular flexibility index (Phi) is 2.57. The minimum absolute atomic E-state index is 0.912. The van der Waals surface area contributed by atoms with Gasteiger partial charge in [-0.3, -0.25) is 0 Å². The Hall–Kier alpha value is -0.720. The van der Waals surface area contributed by atoms with Crippen LogP contribution in [0.1, 0.15) is 24.0 Å². The fourth-order valence-corrected chi connectivity index (χ4v) is 3.33. The SMILES string of the molecule is Clc1c2c(c(Cl)c3ccccc13)CCCC2. The van der Waals surface area contributed by atoms with Gasteiger partial charge in [-0.1, -0.05) is 47.5 Å². The van der Waals surface area contributed by atoms with E-state index in [4.69, 9.17) is 23.2 Å². The molecule has 1 aliphatic carbocycles. The van der Waals surface area contributed by atoms with E-state index >= 15 is 0 Å². The van der Waals surface area contributed by atoms with Gasteiger partial charge in [0.15, 0.2) is 0 Å². The van der Waals surface area contributed by atoms with E-state index < -0.39 is 0 Å². The van der Waals surface area contributed by atoms with Crippen LogP contribution in [0.15, 0.2) is 24.3 Å². The summed E-state index contributed by atoms with van der Waals surface area (Å²) in [4.78, 5) is 0. The lowest BCUT2D eigenvalue weighted by Gasteiger charge is -2.20. The summed E-state index contributed by atoms with van der Waals surface area (Å²) in [6.07, 6.45) is 4.58. The van der Waals surface area contributed by atoms with Crippen molar-refractivity contribution in [2.24, 2.45) is 0 Å². The van der Waals surface area contributed by atoms with Crippen LogP contribution < -0.4 is 0 Å². The van der Waals surface area contributed by atoms with Crippen LogP contribution >= 0.6 is 23.2 Å². The monoisotopic (exact) mass is 250 g/mol. The molecule has 0 atom stereocenters. The highest BCUT2D eigenvalue weighted by Crippen LogP contribution is 2.40. The molecule has 2 aromatic rings. The molecule has 16 heavy (non-hydrogen) atoms. The van der Waals surface area contributed by atoms with Crippen molar-refractivity contribution in [3.05, 3.63) is 45.4 Å². The van der Waals surface area contributed by atoms with Gasteiger partial charge in [-0.25, -0.2) is 0 Å². The van der Waals surface area contributed by atoms with E-state index in [1.807, 2.05) is 12.1 Å². The molecule has 0 unspecified atom stereocenters. The molecule has 0 nitrogen and oxygen atoms in total. The molecule has 3 rings (SSSR count). The Morgan fingerprint density at radius 3 is 1.62 bits per heavy atom. The Labute approximate surface area is 105 Å². The highest BCUT2D eigenvalue weighted by Gasteiger charge is 2.19. The molecule has 0 saturated carbocycles. The first-order valence-corrected chi connectivity index (χ1v) is 6.42. The van der Waals surface area contributed by atoms with Crippen LogP contribution in [0, 0.1) is 0 Å². The van der Waals surface area contributed by atoms with Crippen LogP contribution in [0.5, 0.6) is 0 Å². The molecule has 2 heteroatoms. The molecule has 82 valence electrons. The number of benzene rings is 2. The molecule has 0 fully saturated rings. The third-order valence-corrected chi connectivity index (χ3v) is 4.26. The number of hydrogen-bond donors (Lipinski definition) is 0. The van der Waals surface area contributed by atoms with Crippen LogP contribution in [-0.2, 0) is 12.8 Å². The Morgan fingerprint density at radius 1 is 0.750 bits per heavy atom. The zero-order valence-electron chi connectivity index (χ0n) is 8.89. The van der Waals surface area contributed by atoms with E-state index in [2.05, 4.69) is 12.1 Å². The lowest BCUT2D eigenvalue weighted by atomic mass is 9.89. The molecule has 0 aromatic heterocycles. The number of halogens is 2. The molecule has 0 aliphatic heterocycles. The minimum Gasteiger partial charge on any atom is -0.0833 e. The van der Waals surface area contributed by atoms with E-state index in [-0.39, 0.29) is 0 Å². The van der Waals surface area contributed by atoms with Crippen LogP contribution in [0.4, 0.5) is 0 Å². The van der Waals surface area contributed by atoms with Gasteiger partial charge >= 0.3 is 0 Å². The second-order valence-electron chi connectivity index (χ2n) is 4.34. The molecule has 0 saturated heterocycles. The highest BCUT2D eigenvalue weighted by molar-refractivity contribution is 6.41. The first kappa shape index (κ1) is 10.4. The zero-order valence-corrected chi connectivity index (χ0v) is 10.4. The predicted molar refractivity (Wildman–Crippen MR) is 70.6 cm³/mol. The summed E-state index contributed by atoms with van der Waals surface area (Å²) in [5.74, 6) is 0. The van der Waals surface area contributed by atoms with Crippen LogP contribution in [-0.4, -0.2) is 0 Å². The summed E-state index contributed by atoms with van der Waals surface area (Å²) in [7, 11) is 0. The van der Waals surface area contributed by atoms with Crippen molar-refractivity contribution in [3.63, 3.8) is 0 Å². The second kappa shape index (κ2) is 3.94. The van der Waals surface area contributed by atoms with E-state index in [0.717, 1.165) is 33.7 Å². The maximum atomic E-state index is 6.47. The van der Waals surface area contributed by atoms with Gasteiger partial charge in [-0.15, -0.1) is 0 Å². The number of hydrogen-bond acceptors (Lipinski definition) is 0. The first-order chi connectivity index (χ1) is 7.79. The quantitative estimate of drug-likeness (QED) is 0.616. The topological polar surface area (TPSA) is 0 Å². The lowest BCUT2D eigenvalue weighted by Crippen LogP contribution is -2.04. The smallest absolute Gasteiger partial charge is 0.0520 e. The van der Waals surface area contributed by atoms with Crippen LogP contribution in [0.25, 0.3) is 10.8 Å². The summed E-state index contributed by atoms with van der Waals surface area (Å²) in [6.45, 7) is 0. The molecule has 0 bridgehead atoms. The van der Waals surface area contributed by atoms with Crippen LogP contribution in [0.3, 0.4) is 0 Å². The minimum atomic E-state index is 0.912. The third kappa shape index (κ3) is 1.44. The molecule has 0 amide bonds. The standard InChI is InChI=1S/C14H12Cl2/c15-13-9-5-1-2-6-10(9)14(16)12-8-4-3-7-11(12)13/h1-2,5-6H,3-4,7-8H2. The molecular weight excluding hydrogens is 239 g/mol. The summed E-state index contributed by atoms with van der Waals surface area (Å²) in [5, 5.41) is 4.01. The molecule has 0 heterocycles. The fraction of sp³-hybridized carbons (Fsp3) is 0.286. The average molecular weight is 251 g/mol. The maximum Gasteiger partial charge on any atom is 0.0520 e. The van der Waals surface area contributed by atoms with Crippen molar-refractivity contribution in [1.82, 2.24) is 0 Å². The van der Waals surface area contributed by atoms with E-state index in [1.54, 1.807) is 0 Å². The highest BCUT2D eigenvalue weighted by atomic mass is 35.5. The molecule has 1 aliphatic rings. The van der Waals surface area contributed by atoms with Crippen LogP contribution in [0.2, 0.25) is 10.0 Å². The molecule has 2 aromatic carbocycles. The van der Waals surface area contributed by atoms with Gasteiger partial charge in [0.25, 0.3) is 0 Å². The molecular formula is C14H12Cl2. The van der Waals surface area contributed by atoms with E-state index in [9.17, 15) is 0 Å². The van der Waals surface area contributed by atoms with Gasteiger partial charge in [-0.05, 0) is 36.8 Å². The van der Waals surface area contributed by atoms with Crippen molar-refractivity contribution in [1.29, 1.82) is 0 Å². The van der Waals surface area contributed by atoms with Crippen molar-refractivity contribution in [2.45, 2.75) is 25.7 Å². The first-order valence-electron chi connectivity index (χ1n) is 5.66. The Bertz CT molecular complexity index is 508. The van der Waals surface area contributed by atoms with Gasteiger partial charge in [0.05, 0.1) is 10.0 Å². The number of rotatable bonds is 0. The maximum absolute atomic E-state index is 6.47. The normalized spacial score (nSPS) is 15.1. The van der Waals surface area contributed by atoms with Crippen molar-refractivity contribution in [3.8, 4) is 0 Å². The molecule has 0 N–H and O–H groups in total. The average Bonchev–Trinajstić information content (AvgIpc) is 2.36. The van der Waals surface area contributed by atoms with Crippen molar-refractivity contribution >= 4 is 34.0 Å². The second-order valence-corrected chi connectivity index (χ2v) is 5.09. The lowest BCUT2D eigenvalue weighted by molar-refractivity contribution is 0.687. The third-order valence-electron chi connectivity index (χ3n) is 3.40. The predicted octanol–water partition coefficient (Wildman–Crippen LogP) is 5.03. The Morgan fingerprint density at radius 2 is 1.19 bits per heavy atom. The zero-order chi connectivity index (χ0) is 11.1. The van der Waals surface area contributed by atoms with Gasteiger partial charge < -0.3 is 0 Å². The van der Waals surface area contributed by atoms with Gasteiger partial charge in [0.1, 0.15) is 0 Å². The summed E-state index contributed by atoms with van der Waals surface area (Å²) in [6, 6.07) is 8.14. The number of fused-ring (bicyclic) bond motifs is 2. The van der Waals surface area contributed by atoms with Gasteiger partial charge in [0.2, 0.25) is 0 Å². The molecule has 0 radical (unpaired) electrons. The summed E-state index contributed by atoms with van der Waals surface area (Å²) < 4.78 is 0. The van der Waals surface area contributed by atoms with E-state index in [0.29, 0.717) is 0 Å². The van der Waals surface area contributed by atoms with E-state index in [1.165, 1.54) is 24.0 Å². The fourth-order valence-electron chi connectivity index (χ4n) is 2.58. The van der Waals surface area contributed by atoms with Gasteiger partial charge in [-0.2, -0.15) is 0 Å². The van der Waals surface area contributed by atoms with Gasteiger partial charge in [0, 0.05) is 10.8 Å². The largest absolute Gasteiger partial charge is 0.0833 e. The van der Waals surface area contributed by atoms with Crippen molar-refractivity contribution in [2.75, 3.05) is 0 Å². The molecule has 0 spiro atoms. The summed E-state index contributed by atoms with van der Waals surface area (Å²) >= 11 is 12.9.